The van der Waals surface area contributed by atoms with Crippen molar-refractivity contribution in [1.82, 2.24) is 0 Å². The van der Waals surface area contributed by atoms with E-state index in [9.17, 15) is 18.0 Å². The summed E-state index contributed by atoms with van der Waals surface area (Å²) in [5.41, 5.74) is 0.436. The largest absolute Gasteiger partial charge is 0.495 e. The number of sulfonamides is 1. The van der Waals surface area contributed by atoms with Gasteiger partial charge in [0.25, 0.3) is 10.0 Å². The number of para-hydroxylation sites is 1. The fourth-order valence-electron chi connectivity index (χ4n) is 3.29. The Labute approximate surface area is 185 Å². The minimum atomic E-state index is -3.99. The summed E-state index contributed by atoms with van der Waals surface area (Å²) in [6, 6.07) is 19.7. The van der Waals surface area contributed by atoms with E-state index in [4.69, 9.17) is 9.47 Å². The Balaban J connectivity index is 1.56. The SMILES string of the molecule is COc1ccc(S(=O)(=O)Nc2ccc(Oc3ccccc3)cc2)cc1N1C(=O)CCC1=O. The van der Waals surface area contributed by atoms with Crippen LogP contribution in [-0.2, 0) is 19.6 Å². The molecule has 1 aliphatic heterocycles. The smallest absolute Gasteiger partial charge is 0.261 e. The van der Waals surface area contributed by atoms with E-state index >= 15 is 0 Å². The van der Waals surface area contributed by atoms with Crippen molar-refractivity contribution in [2.45, 2.75) is 17.7 Å². The molecule has 3 aromatic carbocycles. The third-order valence-electron chi connectivity index (χ3n) is 4.84. The summed E-state index contributed by atoms with van der Waals surface area (Å²) in [7, 11) is -2.61. The number of amides is 2. The van der Waals surface area contributed by atoms with E-state index in [1.54, 1.807) is 24.3 Å². The molecular weight excluding hydrogens is 432 g/mol. The Morgan fingerprint density at radius 1 is 0.844 bits per heavy atom. The van der Waals surface area contributed by atoms with Crippen molar-refractivity contribution in [2.75, 3.05) is 16.7 Å². The summed E-state index contributed by atoms with van der Waals surface area (Å²) in [5, 5.41) is 0. The van der Waals surface area contributed by atoms with E-state index in [2.05, 4.69) is 4.72 Å². The molecule has 0 atom stereocenters. The Morgan fingerprint density at radius 3 is 2.09 bits per heavy atom. The van der Waals surface area contributed by atoms with Crippen LogP contribution < -0.4 is 19.1 Å². The number of imide groups is 1. The molecular formula is C23H20N2O6S. The Morgan fingerprint density at radius 2 is 1.47 bits per heavy atom. The highest BCUT2D eigenvalue weighted by molar-refractivity contribution is 7.92. The molecule has 8 nitrogen and oxygen atoms in total. The molecule has 1 N–H and O–H groups in total. The number of carbonyl (C=O) groups excluding carboxylic acids is 2. The normalized spacial score (nSPS) is 13.8. The second-order valence-corrected chi connectivity index (χ2v) is 8.68. The molecule has 0 unspecified atom stereocenters. The van der Waals surface area contributed by atoms with Gasteiger partial charge in [0, 0.05) is 18.5 Å². The number of ether oxygens (including phenoxy) is 2. The number of nitrogens with one attached hydrogen (secondary N) is 1. The maximum atomic E-state index is 12.9. The minimum absolute atomic E-state index is 0.0780. The van der Waals surface area contributed by atoms with Crippen LogP contribution in [0, 0.1) is 0 Å². The lowest BCUT2D eigenvalue weighted by molar-refractivity contribution is -0.121. The monoisotopic (exact) mass is 452 g/mol. The Hall–Kier alpha value is -3.85. The molecule has 3 aromatic rings. The molecule has 0 aromatic heterocycles. The zero-order valence-electron chi connectivity index (χ0n) is 17.1. The number of anilines is 2. The number of methoxy groups -OCH3 is 1. The quantitative estimate of drug-likeness (QED) is 0.545. The van der Waals surface area contributed by atoms with Crippen molar-refractivity contribution in [2.24, 2.45) is 0 Å². The van der Waals surface area contributed by atoms with Crippen LogP contribution in [0.25, 0.3) is 0 Å². The third kappa shape index (κ3) is 4.42. The molecule has 32 heavy (non-hydrogen) atoms. The lowest BCUT2D eigenvalue weighted by Gasteiger charge is -2.18. The van der Waals surface area contributed by atoms with Gasteiger partial charge in [-0.25, -0.2) is 13.3 Å². The van der Waals surface area contributed by atoms with Gasteiger partial charge in [-0.2, -0.15) is 0 Å². The first-order chi connectivity index (χ1) is 15.4. The van der Waals surface area contributed by atoms with Gasteiger partial charge in [0.2, 0.25) is 11.8 Å². The number of benzene rings is 3. The molecule has 1 aliphatic rings. The molecule has 164 valence electrons. The maximum Gasteiger partial charge on any atom is 0.261 e. The van der Waals surface area contributed by atoms with E-state index in [0.29, 0.717) is 17.2 Å². The molecule has 2 amide bonds. The summed E-state index contributed by atoms with van der Waals surface area (Å²) in [4.78, 5) is 25.1. The molecule has 0 saturated carbocycles. The predicted octanol–water partition coefficient (Wildman–Crippen LogP) is 3.94. The van der Waals surface area contributed by atoms with Crippen LogP contribution in [-0.4, -0.2) is 27.3 Å². The van der Waals surface area contributed by atoms with E-state index in [1.807, 2.05) is 30.3 Å². The van der Waals surface area contributed by atoms with E-state index < -0.39 is 21.8 Å². The van der Waals surface area contributed by atoms with Crippen LogP contribution >= 0.6 is 0 Å². The fraction of sp³-hybridized carbons (Fsp3) is 0.130. The molecule has 4 rings (SSSR count). The van der Waals surface area contributed by atoms with Crippen molar-refractivity contribution in [1.29, 1.82) is 0 Å². The van der Waals surface area contributed by atoms with Gasteiger partial charge in [0.15, 0.2) is 0 Å². The molecule has 1 heterocycles. The zero-order valence-corrected chi connectivity index (χ0v) is 18.0. The van der Waals surface area contributed by atoms with Crippen molar-refractivity contribution >= 4 is 33.2 Å². The molecule has 1 fully saturated rings. The Bertz CT molecular complexity index is 1240. The standard InChI is InChI=1S/C23H20N2O6S/c1-30-21-12-11-19(15-20(21)25-22(26)13-14-23(25)27)32(28,29)24-16-7-9-18(10-8-16)31-17-5-3-2-4-6-17/h2-12,15,24H,13-14H2,1H3. The van der Waals surface area contributed by atoms with Crippen LogP contribution in [0.3, 0.4) is 0 Å². The van der Waals surface area contributed by atoms with Crippen molar-refractivity contribution in [3.8, 4) is 17.2 Å². The predicted molar refractivity (Wildman–Crippen MR) is 118 cm³/mol. The minimum Gasteiger partial charge on any atom is -0.495 e. The van der Waals surface area contributed by atoms with E-state index in [-0.39, 0.29) is 29.2 Å². The summed E-state index contributed by atoms with van der Waals surface area (Å²) in [5.74, 6) is 0.652. The van der Waals surface area contributed by atoms with Crippen molar-refractivity contribution in [3.63, 3.8) is 0 Å². The van der Waals surface area contributed by atoms with Crippen molar-refractivity contribution in [3.05, 3.63) is 72.8 Å². The number of hydrogen-bond acceptors (Lipinski definition) is 6. The third-order valence-corrected chi connectivity index (χ3v) is 6.22. The average Bonchev–Trinajstić information content (AvgIpc) is 3.13. The number of nitrogens with zero attached hydrogens (tertiary/aromatic N) is 1. The zero-order chi connectivity index (χ0) is 22.7. The highest BCUT2D eigenvalue weighted by Crippen LogP contribution is 2.34. The molecule has 0 radical (unpaired) electrons. The first-order valence-electron chi connectivity index (χ1n) is 9.77. The summed E-state index contributed by atoms with van der Waals surface area (Å²) in [6.45, 7) is 0. The van der Waals surface area contributed by atoms with Crippen LogP contribution in [0.2, 0.25) is 0 Å². The molecule has 1 saturated heterocycles. The van der Waals surface area contributed by atoms with Gasteiger partial charge in [0.05, 0.1) is 17.7 Å². The summed E-state index contributed by atoms with van der Waals surface area (Å²) in [6.07, 6.45) is 0.156. The highest BCUT2D eigenvalue weighted by atomic mass is 32.2. The molecule has 0 bridgehead atoms. The highest BCUT2D eigenvalue weighted by Gasteiger charge is 2.33. The van der Waals surface area contributed by atoms with Gasteiger partial charge >= 0.3 is 0 Å². The second kappa shape index (κ2) is 8.72. The van der Waals surface area contributed by atoms with Gasteiger partial charge in [0.1, 0.15) is 17.2 Å². The first-order valence-corrected chi connectivity index (χ1v) is 11.3. The van der Waals surface area contributed by atoms with E-state index in [1.165, 1.54) is 25.3 Å². The Kier molecular flexibility index (Phi) is 5.83. The van der Waals surface area contributed by atoms with Crippen LogP contribution in [0.5, 0.6) is 17.2 Å². The number of carbonyl (C=O) groups is 2. The lowest BCUT2D eigenvalue weighted by Crippen LogP contribution is -2.29. The number of hydrogen-bond donors (Lipinski definition) is 1. The lowest BCUT2D eigenvalue weighted by atomic mass is 10.2. The fourth-order valence-corrected chi connectivity index (χ4v) is 4.36. The van der Waals surface area contributed by atoms with Crippen LogP contribution in [0.15, 0.2) is 77.7 Å². The molecule has 0 aliphatic carbocycles. The topological polar surface area (TPSA) is 102 Å². The van der Waals surface area contributed by atoms with E-state index in [0.717, 1.165) is 4.90 Å². The van der Waals surface area contributed by atoms with Crippen LogP contribution in [0.1, 0.15) is 12.8 Å². The van der Waals surface area contributed by atoms with Gasteiger partial charge < -0.3 is 9.47 Å². The van der Waals surface area contributed by atoms with Crippen LogP contribution in [0.4, 0.5) is 11.4 Å². The average molecular weight is 452 g/mol. The van der Waals surface area contributed by atoms with Crippen molar-refractivity contribution < 1.29 is 27.5 Å². The van der Waals surface area contributed by atoms with Gasteiger partial charge in [-0.3, -0.25) is 14.3 Å². The van der Waals surface area contributed by atoms with Gasteiger partial charge in [-0.05, 0) is 54.6 Å². The second-order valence-electron chi connectivity index (χ2n) is 7.00. The van der Waals surface area contributed by atoms with Gasteiger partial charge in [-0.1, -0.05) is 18.2 Å². The maximum absolute atomic E-state index is 12.9. The van der Waals surface area contributed by atoms with Gasteiger partial charge in [-0.15, -0.1) is 0 Å². The molecule has 9 heteroatoms. The first kappa shape index (κ1) is 21.4. The summed E-state index contributed by atoms with van der Waals surface area (Å²) >= 11 is 0. The summed E-state index contributed by atoms with van der Waals surface area (Å²) < 4.78 is 39.3. The molecule has 0 spiro atoms. The number of rotatable bonds is 7.